The summed E-state index contributed by atoms with van der Waals surface area (Å²) in [5, 5.41) is 3.80. The van der Waals surface area contributed by atoms with Crippen molar-refractivity contribution >= 4 is 6.29 Å². The van der Waals surface area contributed by atoms with Crippen molar-refractivity contribution in [2.75, 3.05) is 6.79 Å². The predicted molar refractivity (Wildman–Crippen MR) is 57.3 cm³/mol. The summed E-state index contributed by atoms with van der Waals surface area (Å²) < 4.78 is 15.3. The van der Waals surface area contributed by atoms with Gasteiger partial charge in [-0.15, -0.1) is 0 Å². The fourth-order valence-corrected chi connectivity index (χ4v) is 1.74. The summed E-state index contributed by atoms with van der Waals surface area (Å²) in [5.41, 5.74) is 2.09. The van der Waals surface area contributed by atoms with Gasteiger partial charge in [0.05, 0.1) is 11.3 Å². The highest BCUT2D eigenvalue weighted by atomic mass is 16.7. The molecule has 0 bridgehead atoms. The molecule has 1 aromatic carbocycles. The van der Waals surface area contributed by atoms with E-state index in [1.165, 1.54) is 6.26 Å². The Morgan fingerprint density at radius 3 is 3.06 bits per heavy atom. The van der Waals surface area contributed by atoms with Crippen LogP contribution >= 0.6 is 0 Å². The lowest BCUT2D eigenvalue weighted by Gasteiger charge is -2.00. The molecule has 2 aromatic rings. The fourth-order valence-electron chi connectivity index (χ4n) is 1.74. The third-order valence-corrected chi connectivity index (χ3v) is 2.61. The molecule has 0 saturated heterocycles. The Kier molecular flexibility index (Phi) is 2.29. The highest BCUT2D eigenvalue weighted by molar-refractivity contribution is 5.75. The van der Waals surface area contributed by atoms with Gasteiger partial charge in [0.25, 0.3) is 0 Å². The Morgan fingerprint density at radius 1 is 1.29 bits per heavy atom. The van der Waals surface area contributed by atoms with Crippen LogP contribution in [0.2, 0.25) is 0 Å². The zero-order chi connectivity index (χ0) is 11.7. The lowest BCUT2D eigenvalue weighted by Crippen LogP contribution is -1.93. The van der Waals surface area contributed by atoms with Gasteiger partial charge in [0.1, 0.15) is 6.26 Å². The van der Waals surface area contributed by atoms with Crippen LogP contribution in [0.3, 0.4) is 0 Å². The Balaban J connectivity index is 1.88. The number of hydrogen-bond donors (Lipinski definition) is 0. The van der Waals surface area contributed by atoms with E-state index in [9.17, 15) is 4.79 Å². The van der Waals surface area contributed by atoms with Crippen LogP contribution in [0.5, 0.6) is 11.5 Å². The topological polar surface area (TPSA) is 61.6 Å². The van der Waals surface area contributed by atoms with E-state index < -0.39 is 0 Å². The number of hydrogen-bond acceptors (Lipinski definition) is 5. The highest BCUT2D eigenvalue weighted by Gasteiger charge is 2.14. The third-order valence-electron chi connectivity index (χ3n) is 2.61. The number of nitrogens with zero attached hydrogens (tertiary/aromatic N) is 1. The number of fused-ring (bicyclic) bond motifs is 1. The molecule has 17 heavy (non-hydrogen) atoms. The molecule has 86 valence electrons. The molecule has 1 aliphatic heterocycles. The molecule has 1 aromatic heterocycles. The number of carbonyl (C=O) groups is 1. The van der Waals surface area contributed by atoms with Crippen LogP contribution in [0.4, 0.5) is 0 Å². The van der Waals surface area contributed by atoms with E-state index in [-0.39, 0.29) is 6.79 Å². The van der Waals surface area contributed by atoms with Gasteiger partial charge in [0.15, 0.2) is 17.8 Å². The van der Waals surface area contributed by atoms with Gasteiger partial charge in [0, 0.05) is 6.42 Å². The molecule has 0 spiro atoms. The van der Waals surface area contributed by atoms with Crippen LogP contribution in [-0.4, -0.2) is 18.2 Å². The van der Waals surface area contributed by atoms with Crippen LogP contribution in [0.1, 0.15) is 21.6 Å². The fraction of sp³-hybridized carbons (Fsp3) is 0.167. The number of aldehydes is 1. The molecule has 5 nitrogen and oxygen atoms in total. The van der Waals surface area contributed by atoms with Crippen molar-refractivity contribution in [3.63, 3.8) is 0 Å². The largest absolute Gasteiger partial charge is 0.454 e. The monoisotopic (exact) mass is 231 g/mol. The third kappa shape index (κ3) is 1.75. The lowest BCUT2D eigenvalue weighted by atomic mass is 10.1. The molecule has 0 amide bonds. The van der Waals surface area contributed by atoms with Crippen LogP contribution in [0.25, 0.3) is 0 Å². The van der Waals surface area contributed by atoms with Gasteiger partial charge in [-0.2, -0.15) is 0 Å². The van der Waals surface area contributed by atoms with Gasteiger partial charge in [0.2, 0.25) is 6.79 Å². The van der Waals surface area contributed by atoms with E-state index in [0.717, 1.165) is 23.3 Å². The van der Waals surface area contributed by atoms with Crippen molar-refractivity contribution in [2.24, 2.45) is 0 Å². The van der Waals surface area contributed by atoms with E-state index in [1.807, 2.05) is 18.2 Å². The van der Waals surface area contributed by atoms with E-state index in [2.05, 4.69) is 5.16 Å². The molecule has 0 unspecified atom stereocenters. The van der Waals surface area contributed by atoms with Crippen molar-refractivity contribution in [3.05, 3.63) is 41.3 Å². The highest BCUT2D eigenvalue weighted by Crippen LogP contribution is 2.33. The van der Waals surface area contributed by atoms with Crippen molar-refractivity contribution in [3.8, 4) is 11.5 Å². The zero-order valence-corrected chi connectivity index (χ0v) is 8.88. The average molecular weight is 231 g/mol. The summed E-state index contributed by atoms with van der Waals surface area (Å²) in [6.45, 7) is 0.252. The quantitative estimate of drug-likeness (QED) is 0.754. The smallest absolute Gasteiger partial charge is 0.231 e. The van der Waals surface area contributed by atoms with Crippen LogP contribution in [-0.2, 0) is 6.42 Å². The first-order valence-electron chi connectivity index (χ1n) is 5.14. The minimum Gasteiger partial charge on any atom is -0.454 e. The lowest BCUT2D eigenvalue weighted by molar-refractivity contribution is 0.112. The number of rotatable bonds is 3. The minimum absolute atomic E-state index is 0.252. The summed E-state index contributed by atoms with van der Waals surface area (Å²) >= 11 is 0. The SMILES string of the molecule is O=Cc1conc1Cc1ccc2c(c1)OCO2. The summed E-state index contributed by atoms with van der Waals surface area (Å²) in [7, 11) is 0. The van der Waals surface area contributed by atoms with E-state index >= 15 is 0 Å². The molecule has 5 heteroatoms. The Morgan fingerprint density at radius 2 is 2.18 bits per heavy atom. The molecule has 0 aliphatic carbocycles. The number of aromatic nitrogens is 1. The second-order valence-electron chi connectivity index (χ2n) is 3.70. The van der Waals surface area contributed by atoms with E-state index in [0.29, 0.717) is 17.7 Å². The van der Waals surface area contributed by atoms with Crippen molar-refractivity contribution in [2.45, 2.75) is 6.42 Å². The Bertz CT molecular complexity index is 561. The summed E-state index contributed by atoms with van der Waals surface area (Å²) in [4.78, 5) is 10.7. The number of ether oxygens (including phenoxy) is 2. The first-order valence-corrected chi connectivity index (χ1v) is 5.14. The summed E-state index contributed by atoms with van der Waals surface area (Å²) in [5.74, 6) is 1.46. The normalized spacial score (nSPS) is 12.7. The van der Waals surface area contributed by atoms with Gasteiger partial charge in [-0.25, -0.2) is 0 Å². The minimum atomic E-state index is 0.252. The van der Waals surface area contributed by atoms with E-state index in [4.69, 9.17) is 14.0 Å². The molecular formula is C12H9NO4. The standard InChI is InChI=1S/C12H9NO4/c14-5-9-6-17-13-10(9)3-8-1-2-11-12(4-8)16-7-15-11/h1-2,4-6H,3,7H2. The van der Waals surface area contributed by atoms with Gasteiger partial charge in [-0.05, 0) is 17.7 Å². The average Bonchev–Trinajstić information content (AvgIpc) is 2.96. The summed E-state index contributed by atoms with van der Waals surface area (Å²) in [6.07, 6.45) is 2.61. The van der Waals surface area contributed by atoms with Crippen molar-refractivity contribution in [1.82, 2.24) is 5.16 Å². The van der Waals surface area contributed by atoms with Crippen molar-refractivity contribution < 1.29 is 18.8 Å². The molecule has 0 radical (unpaired) electrons. The molecule has 1 aliphatic rings. The first kappa shape index (κ1) is 9.89. The molecule has 0 atom stereocenters. The maximum Gasteiger partial charge on any atom is 0.231 e. The molecule has 0 N–H and O–H groups in total. The van der Waals surface area contributed by atoms with E-state index in [1.54, 1.807) is 0 Å². The van der Waals surface area contributed by atoms with Crippen LogP contribution in [0.15, 0.2) is 29.0 Å². The zero-order valence-electron chi connectivity index (χ0n) is 8.88. The Labute approximate surface area is 96.9 Å². The van der Waals surface area contributed by atoms with Gasteiger partial charge in [-0.3, -0.25) is 4.79 Å². The van der Waals surface area contributed by atoms with Gasteiger partial charge >= 0.3 is 0 Å². The molecule has 2 heterocycles. The molecule has 0 saturated carbocycles. The number of benzene rings is 1. The molecule has 0 fully saturated rings. The first-order chi connectivity index (χ1) is 8.36. The second-order valence-corrected chi connectivity index (χ2v) is 3.70. The van der Waals surface area contributed by atoms with Gasteiger partial charge < -0.3 is 14.0 Å². The van der Waals surface area contributed by atoms with Gasteiger partial charge in [-0.1, -0.05) is 11.2 Å². The second kappa shape index (κ2) is 3.93. The number of carbonyl (C=O) groups excluding carboxylic acids is 1. The molecule has 3 rings (SSSR count). The Hall–Kier alpha value is -2.30. The summed E-state index contributed by atoms with van der Waals surface area (Å²) in [6, 6.07) is 5.64. The van der Waals surface area contributed by atoms with Crippen LogP contribution < -0.4 is 9.47 Å². The van der Waals surface area contributed by atoms with Crippen molar-refractivity contribution in [1.29, 1.82) is 0 Å². The molecular weight excluding hydrogens is 222 g/mol. The maximum atomic E-state index is 10.7. The maximum absolute atomic E-state index is 10.7. The van der Waals surface area contributed by atoms with Crippen LogP contribution in [0, 0.1) is 0 Å². The predicted octanol–water partition coefficient (Wildman–Crippen LogP) is 1.81.